The molecule has 1 unspecified atom stereocenters. The van der Waals surface area contributed by atoms with E-state index < -0.39 is 0 Å². The lowest BCUT2D eigenvalue weighted by Gasteiger charge is -2.38. The lowest BCUT2D eigenvalue weighted by Crippen LogP contribution is -2.49. The number of aryl methyl sites for hydroxylation is 1. The van der Waals surface area contributed by atoms with Crippen molar-refractivity contribution in [1.82, 2.24) is 9.80 Å². The number of amides is 1. The summed E-state index contributed by atoms with van der Waals surface area (Å²) in [6.07, 6.45) is 0. The summed E-state index contributed by atoms with van der Waals surface area (Å²) in [5.74, 6) is 0.0932. The summed E-state index contributed by atoms with van der Waals surface area (Å²) in [5.41, 5.74) is 4.80. The molecule has 0 radical (unpaired) electrons. The minimum Gasteiger partial charge on any atom is -0.336 e. The van der Waals surface area contributed by atoms with Gasteiger partial charge in [0, 0.05) is 42.8 Å². The topological polar surface area (TPSA) is 23.6 Å². The van der Waals surface area contributed by atoms with Crippen LogP contribution in [0.15, 0.2) is 42.5 Å². The Morgan fingerprint density at radius 1 is 1.00 bits per heavy atom. The highest BCUT2D eigenvalue weighted by atomic mass is 35.5. The predicted octanol–water partition coefficient (Wildman–Crippen LogP) is 4.48. The lowest BCUT2D eigenvalue weighted by molar-refractivity contribution is 0.0581. The van der Waals surface area contributed by atoms with Gasteiger partial charge in [-0.15, -0.1) is 0 Å². The number of hydrogen-bond acceptors (Lipinski definition) is 2. The largest absolute Gasteiger partial charge is 0.336 e. The van der Waals surface area contributed by atoms with E-state index in [4.69, 9.17) is 11.6 Å². The molecule has 0 aliphatic carbocycles. The number of halogens is 1. The van der Waals surface area contributed by atoms with Crippen molar-refractivity contribution in [3.8, 4) is 0 Å². The minimum absolute atomic E-state index is 0.0932. The fourth-order valence-electron chi connectivity index (χ4n) is 3.51. The van der Waals surface area contributed by atoms with Gasteiger partial charge < -0.3 is 4.90 Å². The maximum Gasteiger partial charge on any atom is 0.253 e. The Labute approximate surface area is 155 Å². The molecule has 25 heavy (non-hydrogen) atoms. The zero-order chi connectivity index (χ0) is 18.0. The summed E-state index contributed by atoms with van der Waals surface area (Å²) in [4.78, 5) is 17.0. The molecule has 4 heteroatoms. The fourth-order valence-corrected chi connectivity index (χ4v) is 3.64. The average molecular weight is 357 g/mol. The molecule has 132 valence electrons. The summed E-state index contributed by atoms with van der Waals surface area (Å²) < 4.78 is 0. The number of carbonyl (C=O) groups is 1. The van der Waals surface area contributed by atoms with Crippen LogP contribution in [0, 0.1) is 13.8 Å². The van der Waals surface area contributed by atoms with Crippen LogP contribution < -0.4 is 0 Å². The van der Waals surface area contributed by atoms with E-state index in [0.717, 1.165) is 26.2 Å². The van der Waals surface area contributed by atoms with Crippen molar-refractivity contribution in [2.24, 2.45) is 0 Å². The number of carbonyl (C=O) groups excluding carboxylic acids is 1. The maximum absolute atomic E-state index is 12.6. The van der Waals surface area contributed by atoms with Crippen LogP contribution in [0.3, 0.4) is 0 Å². The minimum atomic E-state index is 0.0932. The molecule has 2 aromatic carbocycles. The third-order valence-corrected chi connectivity index (χ3v) is 5.59. The SMILES string of the molecule is Cc1cccc(C(C)N2CCN(C(=O)c3ccc(Cl)cc3)CC2)c1C. The van der Waals surface area contributed by atoms with Crippen LogP contribution >= 0.6 is 11.6 Å². The molecule has 1 atom stereocenters. The number of rotatable bonds is 3. The molecule has 2 aromatic rings. The highest BCUT2D eigenvalue weighted by Gasteiger charge is 2.26. The molecule has 0 bridgehead atoms. The second kappa shape index (κ2) is 7.59. The monoisotopic (exact) mass is 356 g/mol. The van der Waals surface area contributed by atoms with E-state index in [1.165, 1.54) is 16.7 Å². The van der Waals surface area contributed by atoms with Gasteiger partial charge in [-0.25, -0.2) is 0 Å². The van der Waals surface area contributed by atoms with E-state index in [9.17, 15) is 4.79 Å². The van der Waals surface area contributed by atoms with Crippen LogP contribution in [0.1, 0.15) is 40.0 Å². The molecule has 3 nitrogen and oxygen atoms in total. The van der Waals surface area contributed by atoms with Gasteiger partial charge >= 0.3 is 0 Å². The zero-order valence-corrected chi connectivity index (χ0v) is 15.9. The molecular formula is C21H25ClN2O. The standard InChI is InChI=1S/C21H25ClN2O/c1-15-5-4-6-20(16(15)2)17(3)23-11-13-24(14-12-23)21(25)18-7-9-19(22)10-8-18/h4-10,17H,11-14H2,1-3H3. The van der Waals surface area contributed by atoms with E-state index in [1.807, 2.05) is 4.90 Å². The Balaban J connectivity index is 1.64. The van der Waals surface area contributed by atoms with E-state index in [-0.39, 0.29) is 5.91 Å². The molecule has 1 amide bonds. The van der Waals surface area contributed by atoms with Gasteiger partial charge in [0.05, 0.1) is 0 Å². The third-order valence-electron chi connectivity index (χ3n) is 5.34. The van der Waals surface area contributed by atoms with Crippen LogP contribution in [0.2, 0.25) is 5.02 Å². The Hall–Kier alpha value is -1.84. The summed E-state index contributed by atoms with van der Waals surface area (Å²) in [5, 5.41) is 0.656. The van der Waals surface area contributed by atoms with Crippen LogP contribution in [0.5, 0.6) is 0 Å². The summed E-state index contributed by atoms with van der Waals surface area (Å²) in [6, 6.07) is 14.0. The predicted molar refractivity (Wildman–Crippen MR) is 103 cm³/mol. The molecule has 1 fully saturated rings. The molecule has 1 aliphatic heterocycles. The zero-order valence-electron chi connectivity index (χ0n) is 15.1. The second-order valence-electron chi connectivity index (χ2n) is 6.80. The van der Waals surface area contributed by atoms with Crippen LogP contribution in [-0.4, -0.2) is 41.9 Å². The van der Waals surface area contributed by atoms with Crippen molar-refractivity contribution >= 4 is 17.5 Å². The van der Waals surface area contributed by atoms with Gasteiger partial charge in [0.15, 0.2) is 0 Å². The number of piperazine rings is 1. The lowest BCUT2D eigenvalue weighted by atomic mass is 9.97. The molecule has 1 saturated heterocycles. The Kier molecular flexibility index (Phi) is 5.45. The highest BCUT2D eigenvalue weighted by molar-refractivity contribution is 6.30. The van der Waals surface area contributed by atoms with E-state index in [2.05, 4.69) is 43.9 Å². The molecule has 0 N–H and O–H groups in total. The van der Waals surface area contributed by atoms with Crippen molar-refractivity contribution in [1.29, 1.82) is 0 Å². The normalized spacial score (nSPS) is 16.7. The van der Waals surface area contributed by atoms with Crippen molar-refractivity contribution in [2.75, 3.05) is 26.2 Å². The Morgan fingerprint density at radius 2 is 1.64 bits per heavy atom. The van der Waals surface area contributed by atoms with Crippen molar-refractivity contribution < 1.29 is 4.79 Å². The molecule has 1 aliphatic rings. The highest BCUT2D eigenvalue weighted by Crippen LogP contribution is 2.26. The van der Waals surface area contributed by atoms with E-state index in [0.29, 0.717) is 16.6 Å². The van der Waals surface area contributed by atoms with Gasteiger partial charge in [0.2, 0.25) is 0 Å². The van der Waals surface area contributed by atoms with E-state index in [1.54, 1.807) is 24.3 Å². The smallest absolute Gasteiger partial charge is 0.253 e. The Morgan fingerprint density at radius 3 is 2.28 bits per heavy atom. The van der Waals surface area contributed by atoms with Gasteiger partial charge in [-0.1, -0.05) is 29.8 Å². The summed E-state index contributed by atoms with van der Waals surface area (Å²) in [6.45, 7) is 9.93. The molecule has 0 saturated carbocycles. The third kappa shape index (κ3) is 3.88. The Bertz CT molecular complexity index is 749. The molecule has 3 rings (SSSR count). The van der Waals surface area contributed by atoms with Crippen molar-refractivity contribution in [3.63, 3.8) is 0 Å². The fraction of sp³-hybridized carbons (Fsp3) is 0.381. The second-order valence-corrected chi connectivity index (χ2v) is 7.24. The van der Waals surface area contributed by atoms with Crippen LogP contribution in [0.25, 0.3) is 0 Å². The van der Waals surface area contributed by atoms with Crippen LogP contribution in [-0.2, 0) is 0 Å². The van der Waals surface area contributed by atoms with Gasteiger partial charge in [-0.2, -0.15) is 0 Å². The average Bonchev–Trinajstić information content (AvgIpc) is 2.64. The van der Waals surface area contributed by atoms with Gasteiger partial charge in [0.25, 0.3) is 5.91 Å². The summed E-state index contributed by atoms with van der Waals surface area (Å²) >= 11 is 5.91. The van der Waals surface area contributed by atoms with Gasteiger partial charge in [0.1, 0.15) is 0 Å². The van der Waals surface area contributed by atoms with Crippen molar-refractivity contribution in [2.45, 2.75) is 26.8 Å². The van der Waals surface area contributed by atoms with E-state index >= 15 is 0 Å². The first-order valence-corrected chi connectivity index (χ1v) is 9.20. The first-order chi connectivity index (χ1) is 12.0. The van der Waals surface area contributed by atoms with Gasteiger partial charge in [-0.05, 0) is 61.7 Å². The number of benzene rings is 2. The molecular weight excluding hydrogens is 332 g/mol. The maximum atomic E-state index is 12.6. The quantitative estimate of drug-likeness (QED) is 0.809. The van der Waals surface area contributed by atoms with Crippen LogP contribution in [0.4, 0.5) is 0 Å². The number of nitrogens with zero attached hydrogens (tertiary/aromatic N) is 2. The van der Waals surface area contributed by atoms with Gasteiger partial charge in [-0.3, -0.25) is 9.69 Å². The first-order valence-electron chi connectivity index (χ1n) is 8.82. The first kappa shape index (κ1) is 18.0. The summed E-state index contributed by atoms with van der Waals surface area (Å²) in [7, 11) is 0. The molecule has 1 heterocycles. The van der Waals surface area contributed by atoms with Crippen molar-refractivity contribution in [3.05, 3.63) is 69.7 Å². The molecule has 0 aromatic heterocycles. The number of hydrogen-bond donors (Lipinski definition) is 0. The molecule has 0 spiro atoms.